The van der Waals surface area contributed by atoms with Crippen molar-refractivity contribution in [2.24, 2.45) is 0 Å². The molecule has 2 N–H and O–H groups in total. The van der Waals surface area contributed by atoms with Gasteiger partial charge in [0, 0.05) is 0 Å². The van der Waals surface area contributed by atoms with Crippen LogP contribution in [0.25, 0.3) is 0 Å². The zero-order valence-corrected chi connectivity index (χ0v) is 11.5. The molecule has 0 atom stereocenters. The van der Waals surface area contributed by atoms with Gasteiger partial charge >= 0.3 is 6.09 Å². The third-order valence-electron chi connectivity index (χ3n) is 2.01. The molecule has 0 heterocycles. The van der Waals surface area contributed by atoms with Gasteiger partial charge in [-0.1, -0.05) is 0 Å². The fourth-order valence-electron chi connectivity index (χ4n) is 1.22. The first-order chi connectivity index (χ1) is 8.99. The van der Waals surface area contributed by atoms with Crippen LogP contribution in [0.4, 0.5) is 4.79 Å². The number of ether oxygens (including phenoxy) is 2. The van der Waals surface area contributed by atoms with Crippen molar-refractivity contribution < 1.29 is 22.7 Å². The molecule has 1 amide bonds. The Hall–Kier alpha value is -1.80. The van der Waals surface area contributed by atoms with E-state index < -0.39 is 16.1 Å². The highest BCUT2D eigenvalue weighted by Crippen LogP contribution is 2.15. The highest BCUT2D eigenvalue weighted by atomic mass is 32.2. The zero-order chi connectivity index (χ0) is 14.3. The molecule has 7 nitrogen and oxygen atoms in total. The van der Waals surface area contributed by atoms with Crippen LogP contribution in [0.15, 0.2) is 29.2 Å². The number of rotatable bonds is 6. The van der Waals surface area contributed by atoms with E-state index in [0.717, 1.165) is 0 Å². The first-order valence-corrected chi connectivity index (χ1v) is 7.15. The summed E-state index contributed by atoms with van der Waals surface area (Å²) in [5.41, 5.74) is 1.93. The first kappa shape index (κ1) is 15.3. The SMILES string of the molecule is CCOC(=O)NNS(=O)(=O)c1ccc(OCC)cc1. The molecule has 0 radical (unpaired) electrons. The summed E-state index contributed by atoms with van der Waals surface area (Å²) in [6.07, 6.45) is -0.864. The van der Waals surface area contributed by atoms with Crippen molar-refractivity contribution in [1.29, 1.82) is 0 Å². The average Bonchev–Trinajstić information content (AvgIpc) is 2.38. The Bertz CT molecular complexity index is 512. The molecule has 0 aliphatic heterocycles. The Balaban J connectivity index is 2.69. The van der Waals surface area contributed by atoms with Crippen molar-refractivity contribution in [2.75, 3.05) is 13.2 Å². The van der Waals surface area contributed by atoms with Crippen LogP contribution in [0.2, 0.25) is 0 Å². The van der Waals surface area contributed by atoms with E-state index in [1.807, 2.05) is 17.2 Å². The second-order valence-corrected chi connectivity index (χ2v) is 5.04. The summed E-state index contributed by atoms with van der Waals surface area (Å²) < 4.78 is 33.3. The zero-order valence-electron chi connectivity index (χ0n) is 10.7. The predicted octanol–water partition coefficient (Wildman–Crippen LogP) is 1.02. The van der Waals surface area contributed by atoms with Crippen LogP contribution in [-0.4, -0.2) is 27.7 Å². The van der Waals surface area contributed by atoms with Crippen LogP contribution >= 0.6 is 0 Å². The standard InChI is InChI=1S/C11H16N2O5S/c1-3-17-9-5-7-10(8-6-9)19(15,16)13-12-11(14)18-4-2/h5-8,13H,3-4H2,1-2H3,(H,12,14). The van der Waals surface area contributed by atoms with Crippen molar-refractivity contribution in [1.82, 2.24) is 10.3 Å². The summed E-state index contributed by atoms with van der Waals surface area (Å²) in [7, 11) is -3.82. The summed E-state index contributed by atoms with van der Waals surface area (Å²) in [4.78, 5) is 12.9. The van der Waals surface area contributed by atoms with Gasteiger partial charge in [0.1, 0.15) is 5.75 Å². The highest BCUT2D eigenvalue weighted by molar-refractivity contribution is 7.89. The number of carbonyl (C=O) groups excluding carboxylic acids is 1. The van der Waals surface area contributed by atoms with Crippen LogP contribution in [0, 0.1) is 0 Å². The Morgan fingerprint density at radius 1 is 1.16 bits per heavy atom. The lowest BCUT2D eigenvalue weighted by Gasteiger charge is -2.09. The fraction of sp³-hybridized carbons (Fsp3) is 0.364. The van der Waals surface area contributed by atoms with Crippen molar-refractivity contribution in [3.05, 3.63) is 24.3 Å². The van der Waals surface area contributed by atoms with Gasteiger partial charge in [-0.3, -0.25) is 0 Å². The van der Waals surface area contributed by atoms with Crippen LogP contribution in [0.3, 0.4) is 0 Å². The van der Waals surface area contributed by atoms with Crippen LogP contribution in [0.5, 0.6) is 5.75 Å². The van der Waals surface area contributed by atoms with Crippen molar-refractivity contribution in [2.45, 2.75) is 18.7 Å². The third kappa shape index (κ3) is 4.76. The van der Waals surface area contributed by atoms with Gasteiger partial charge < -0.3 is 9.47 Å². The van der Waals surface area contributed by atoms with E-state index in [9.17, 15) is 13.2 Å². The number of nitrogens with one attached hydrogen (secondary N) is 2. The maximum atomic E-state index is 11.8. The summed E-state index contributed by atoms with van der Waals surface area (Å²) in [5, 5.41) is 0. The molecule has 1 aromatic carbocycles. The van der Waals surface area contributed by atoms with Crippen LogP contribution in [0.1, 0.15) is 13.8 Å². The van der Waals surface area contributed by atoms with E-state index in [1.54, 1.807) is 6.92 Å². The topological polar surface area (TPSA) is 93.7 Å². The molecule has 0 bridgehead atoms. The van der Waals surface area contributed by atoms with E-state index in [0.29, 0.717) is 12.4 Å². The molecule has 0 saturated carbocycles. The van der Waals surface area contributed by atoms with Gasteiger partial charge in [-0.05, 0) is 38.1 Å². The predicted molar refractivity (Wildman–Crippen MR) is 68.1 cm³/mol. The molecule has 0 unspecified atom stereocenters. The number of benzene rings is 1. The summed E-state index contributed by atoms with van der Waals surface area (Å²) in [6, 6.07) is 5.81. The number of hydrogen-bond donors (Lipinski definition) is 2. The molecule has 0 saturated heterocycles. The first-order valence-electron chi connectivity index (χ1n) is 5.67. The molecule has 0 aliphatic rings. The second-order valence-electron chi connectivity index (χ2n) is 3.36. The Morgan fingerprint density at radius 2 is 1.79 bits per heavy atom. The Morgan fingerprint density at radius 3 is 2.32 bits per heavy atom. The maximum Gasteiger partial charge on any atom is 0.422 e. The minimum Gasteiger partial charge on any atom is -0.494 e. The number of hydrazine groups is 1. The molecule has 0 spiro atoms. The van der Waals surface area contributed by atoms with E-state index in [4.69, 9.17) is 4.74 Å². The minimum atomic E-state index is -3.82. The number of amides is 1. The molecule has 8 heteroatoms. The van der Waals surface area contributed by atoms with E-state index in [1.165, 1.54) is 24.3 Å². The molecule has 106 valence electrons. The van der Waals surface area contributed by atoms with Gasteiger partial charge in [0.05, 0.1) is 18.1 Å². The molecule has 0 fully saturated rings. The molecular weight excluding hydrogens is 272 g/mol. The van der Waals surface area contributed by atoms with Gasteiger partial charge in [0.2, 0.25) is 0 Å². The molecule has 0 aliphatic carbocycles. The van der Waals surface area contributed by atoms with Gasteiger partial charge in [-0.15, -0.1) is 4.83 Å². The Labute approximate surface area is 111 Å². The van der Waals surface area contributed by atoms with Crippen molar-refractivity contribution in [3.63, 3.8) is 0 Å². The lowest BCUT2D eigenvalue weighted by atomic mass is 10.3. The normalized spacial score (nSPS) is 10.8. The number of hydrogen-bond acceptors (Lipinski definition) is 5. The molecule has 1 aromatic rings. The summed E-state index contributed by atoms with van der Waals surface area (Å²) in [6.45, 7) is 4.08. The monoisotopic (exact) mass is 288 g/mol. The van der Waals surface area contributed by atoms with Crippen LogP contribution in [-0.2, 0) is 14.8 Å². The summed E-state index contributed by atoms with van der Waals surface area (Å²) in [5.74, 6) is 0.569. The van der Waals surface area contributed by atoms with Crippen molar-refractivity contribution >= 4 is 16.1 Å². The quantitative estimate of drug-likeness (QED) is 0.762. The molecular formula is C11H16N2O5S. The fourth-order valence-corrected chi connectivity index (χ4v) is 2.05. The van der Waals surface area contributed by atoms with Crippen molar-refractivity contribution in [3.8, 4) is 5.75 Å². The minimum absolute atomic E-state index is 0.00718. The lowest BCUT2D eigenvalue weighted by molar-refractivity contribution is 0.150. The van der Waals surface area contributed by atoms with E-state index in [2.05, 4.69) is 4.74 Å². The molecule has 1 rings (SSSR count). The van der Waals surface area contributed by atoms with Gasteiger partial charge in [-0.2, -0.15) is 0 Å². The number of carbonyl (C=O) groups is 1. The smallest absolute Gasteiger partial charge is 0.422 e. The maximum absolute atomic E-state index is 11.8. The van der Waals surface area contributed by atoms with E-state index in [-0.39, 0.29) is 11.5 Å². The Kier molecular flexibility index (Phi) is 5.58. The summed E-state index contributed by atoms with van der Waals surface area (Å²) >= 11 is 0. The largest absolute Gasteiger partial charge is 0.494 e. The highest BCUT2D eigenvalue weighted by Gasteiger charge is 2.15. The van der Waals surface area contributed by atoms with Gasteiger partial charge in [0.15, 0.2) is 0 Å². The van der Waals surface area contributed by atoms with Gasteiger partial charge in [0.25, 0.3) is 10.0 Å². The second kappa shape index (κ2) is 6.95. The van der Waals surface area contributed by atoms with Crippen LogP contribution < -0.4 is 15.0 Å². The third-order valence-corrected chi connectivity index (χ3v) is 3.27. The van der Waals surface area contributed by atoms with E-state index >= 15 is 0 Å². The average molecular weight is 288 g/mol. The molecule has 19 heavy (non-hydrogen) atoms. The van der Waals surface area contributed by atoms with Gasteiger partial charge in [-0.25, -0.2) is 18.6 Å². The molecule has 0 aromatic heterocycles. The number of sulfonamides is 1. The lowest BCUT2D eigenvalue weighted by Crippen LogP contribution is -2.41.